The zero-order valence-corrected chi connectivity index (χ0v) is 13.8. The van der Waals surface area contributed by atoms with Gasteiger partial charge in [0.25, 0.3) is 11.8 Å². The SMILES string of the molecule is C[C@@H](NC(=O)c1ccc(C(=O)NO)s1)c1cccc2ccccc12. The van der Waals surface area contributed by atoms with E-state index in [1.807, 2.05) is 49.4 Å². The molecule has 2 aromatic carbocycles. The standard InChI is InChI=1S/C18H16N2O3S/c1-11(13-8-4-6-12-5-2-3-7-14(12)13)19-17(21)15-9-10-16(24-15)18(22)20-23/h2-11,23H,1H3,(H,19,21)(H,20,22)/t11-/m1/s1. The molecule has 3 aromatic rings. The Balaban J connectivity index is 1.81. The molecule has 1 aromatic heterocycles. The second-order valence-electron chi connectivity index (χ2n) is 5.37. The van der Waals surface area contributed by atoms with Crippen molar-refractivity contribution in [3.05, 3.63) is 69.9 Å². The molecule has 0 radical (unpaired) electrons. The minimum Gasteiger partial charge on any atom is -0.345 e. The quantitative estimate of drug-likeness (QED) is 0.502. The van der Waals surface area contributed by atoms with Crippen LogP contribution in [0.2, 0.25) is 0 Å². The lowest BCUT2D eigenvalue weighted by atomic mass is 10.00. The molecule has 0 aliphatic heterocycles. The molecule has 6 heteroatoms. The van der Waals surface area contributed by atoms with E-state index in [9.17, 15) is 9.59 Å². The second kappa shape index (κ2) is 6.82. The van der Waals surface area contributed by atoms with Crippen LogP contribution in [0.4, 0.5) is 0 Å². The molecule has 5 nitrogen and oxygen atoms in total. The fourth-order valence-electron chi connectivity index (χ4n) is 2.61. The molecule has 1 atom stereocenters. The molecule has 3 N–H and O–H groups in total. The Morgan fingerprint density at radius 1 is 0.958 bits per heavy atom. The molecule has 0 saturated heterocycles. The van der Waals surface area contributed by atoms with Crippen molar-refractivity contribution in [1.82, 2.24) is 10.8 Å². The number of hydrogen-bond donors (Lipinski definition) is 3. The van der Waals surface area contributed by atoms with E-state index in [1.165, 1.54) is 6.07 Å². The van der Waals surface area contributed by atoms with E-state index in [-0.39, 0.29) is 16.8 Å². The van der Waals surface area contributed by atoms with Crippen LogP contribution >= 0.6 is 11.3 Å². The highest BCUT2D eigenvalue weighted by atomic mass is 32.1. The molecule has 2 amide bonds. The summed E-state index contributed by atoms with van der Waals surface area (Å²) in [7, 11) is 0. The highest BCUT2D eigenvalue weighted by Crippen LogP contribution is 2.25. The third-order valence-electron chi connectivity index (χ3n) is 3.79. The number of hydroxylamine groups is 1. The van der Waals surface area contributed by atoms with Crippen molar-refractivity contribution in [2.75, 3.05) is 0 Å². The van der Waals surface area contributed by atoms with Gasteiger partial charge in [-0.05, 0) is 35.4 Å². The molecule has 0 aliphatic carbocycles. The molecule has 0 saturated carbocycles. The van der Waals surface area contributed by atoms with Crippen LogP contribution < -0.4 is 10.8 Å². The predicted molar refractivity (Wildman–Crippen MR) is 93.4 cm³/mol. The first-order valence-electron chi connectivity index (χ1n) is 7.43. The average molecular weight is 340 g/mol. The van der Waals surface area contributed by atoms with Gasteiger partial charge in [-0.15, -0.1) is 11.3 Å². The van der Waals surface area contributed by atoms with Gasteiger partial charge in [0.15, 0.2) is 0 Å². The molecule has 0 bridgehead atoms. The molecule has 0 unspecified atom stereocenters. The highest BCUT2D eigenvalue weighted by molar-refractivity contribution is 7.15. The van der Waals surface area contributed by atoms with Gasteiger partial charge in [0, 0.05) is 0 Å². The Hall–Kier alpha value is -2.70. The lowest BCUT2D eigenvalue weighted by Crippen LogP contribution is -2.26. The first-order chi connectivity index (χ1) is 11.6. The monoisotopic (exact) mass is 340 g/mol. The van der Waals surface area contributed by atoms with E-state index in [4.69, 9.17) is 5.21 Å². The molecule has 0 spiro atoms. The number of thiophene rings is 1. The zero-order valence-electron chi connectivity index (χ0n) is 12.9. The number of carbonyl (C=O) groups excluding carboxylic acids is 2. The van der Waals surface area contributed by atoms with E-state index in [0.29, 0.717) is 4.88 Å². The summed E-state index contributed by atoms with van der Waals surface area (Å²) in [6.07, 6.45) is 0. The Morgan fingerprint density at radius 3 is 2.38 bits per heavy atom. The number of rotatable bonds is 4. The molecule has 0 aliphatic rings. The highest BCUT2D eigenvalue weighted by Gasteiger charge is 2.17. The first kappa shape index (κ1) is 16.2. The van der Waals surface area contributed by atoms with Crippen LogP contribution in [0.1, 0.15) is 37.9 Å². The fraction of sp³-hybridized carbons (Fsp3) is 0.111. The number of benzene rings is 2. The van der Waals surface area contributed by atoms with E-state index in [0.717, 1.165) is 27.7 Å². The third-order valence-corrected chi connectivity index (χ3v) is 4.88. The minimum absolute atomic E-state index is 0.180. The van der Waals surface area contributed by atoms with Crippen molar-refractivity contribution in [2.24, 2.45) is 0 Å². The molecule has 1 heterocycles. The zero-order chi connectivity index (χ0) is 17.1. The summed E-state index contributed by atoms with van der Waals surface area (Å²) in [6.45, 7) is 1.93. The molecule has 3 rings (SSSR count). The second-order valence-corrected chi connectivity index (χ2v) is 6.45. The van der Waals surface area contributed by atoms with Crippen LogP contribution in [0.5, 0.6) is 0 Å². The van der Waals surface area contributed by atoms with E-state index in [2.05, 4.69) is 5.32 Å². The molecule has 122 valence electrons. The van der Waals surface area contributed by atoms with Crippen LogP contribution in [0.15, 0.2) is 54.6 Å². The van der Waals surface area contributed by atoms with Gasteiger partial charge < -0.3 is 5.32 Å². The van der Waals surface area contributed by atoms with Crippen LogP contribution in [0.25, 0.3) is 10.8 Å². The lowest BCUT2D eigenvalue weighted by Gasteiger charge is -2.16. The maximum absolute atomic E-state index is 12.4. The number of carbonyl (C=O) groups is 2. The Kier molecular flexibility index (Phi) is 4.59. The summed E-state index contributed by atoms with van der Waals surface area (Å²) in [5.74, 6) is -0.876. The van der Waals surface area contributed by atoms with Gasteiger partial charge in [-0.25, -0.2) is 5.48 Å². The summed E-state index contributed by atoms with van der Waals surface area (Å²) in [4.78, 5) is 24.4. The van der Waals surface area contributed by atoms with Gasteiger partial charge in [0.05, 0.1) is 15.8 Å². The predicted octanol–water partition coefficient (Wildman–Crippen LogP) is 3.51. The van der Waals surface area contributed by atoms with Crippen molar-refractivity contribution >= 4 is 33.9 Å². The van der Waals surface area contributed by atoms with Crippen LogP contribution in [0.3, 0.4) is 0 Å². The molecule has 24 heavy (non-hydrogen) atoms. The summed E-state index contributed by atoms with van der Waals surface area (Å²) in [5, 5.41) is 13.8. The van der Waals surface area contributed by atoms with Gasteiger partial charge in [0.2, 0.25) is 0 Å². The smallest absolute Gasteiger partial charge is 0.284 e. The maximum atomic E-state index is 12.4. The largest absolute Gasteiger partial charge is 0.345 e. The van der Waals surface area contributed by atoms with E-state index in [1.54, 1.807) is 11.5 Å². The van der Waals surface area contributed by atoms with Gasteiger partial charge in [-0.3, -0.25) is 14.8 Å². The number of amides is 2. The number of hydrogen-bond acceptors (Lipinski definition) is 4. The van der Waals surface area contributed by atoms with Crippen LogP contribution in [-0.2, 0) is 0 Å². The van der Waals surface area contributed by atoms with Gasteiger partial charge >= 0.3 is 0 Å². The fourth-order valence-corrected chi connectivity index (χ4v) is 3.41. The van der Waals surface area contributed by atoms with Gasteiger partial charge in [0.1, 0.15) is 0 Å². The minimum atomic E-state index is -0.624. The molecular formula is C18H16N2O3S. The molecule has 0 fully saturated rings. The van der Waals surface area contributed by atoms with Gasteiger partial charge in [-0.2, -0.15) is 0 Å². The first-order valence-corrected chi connectivity index (χ1v) is 8.24. The van der Waals surface area contributed by atoms with Crippen molar-refractivity contribution < 1.29 is 14.8 Å². The summed E-state index contributed by atoms with van der Waals surface area (Å²) < 4.78 is 0. The van der Waals surface area contributed by atoms with Crippen molar-refractivity contribution in [3.8, 4) is 0 Å². The third kappa shape index (κ3) is 3.15. The average Bonchev–Trinajstić information content (AvgIpc) is 3.10. The Labute approximate surface area is 142 Å². The van der Waals surface area contributed by atoms with Crippen molar-refractivity contribution in [2.45, 2.75) is 13.0 Å². The van der Waals surface area contributed by atoms with Crippen molar-refractivity contribution in [3.63, 3.8) is 0 Å². The van der Waals surface area contributed by atoms with Crippen LogP contribution in [0, 0.1) is 0 Å². The normalized spacial score (nSPS) is 11.9. The number of fused-ring (bicyclic) bond motifs is 1. The summed E-state index contributed by atoms with van der Waals surface area (Å²) in [5.41, 5.74) is 2.59. The van der Waals surface area contributed by atoms with Crippen LogP contribution in [-0.4, -0.2) is 17.0 Å². The molecular weight excluding hydrogens is 324 g/mol. The van der Waals surface area contributed by atoms with E-state index >= 15 is 0 Å². The summed E-state index contributed by atoms with van der Waals surface area (Å²) >= 11 is 1.03. The lowest BCUT2D eigenvalue weighted by molar-refractivity contribution is 0.0711. The topological polar surface area (TPSA) is 78.4 Å². The van der Waals surface area contributed by atoms with Crippen molar-refractivity contribution in [1.29, 1.82) is 0 Å². The van der Waals surface area contributed by atoms with E-state index < -0.39 is 5.91 Å². The maximum Gasteiger partial charge on any atom is 0.284 e. The Bertz CT molecular complexity index is 899. The Morgan fingerprint density at radius 2 is 1.62 bits per heavy atom. The summed E-state index contributed by atoms with van der Waals surface area (Å²) in [6, 6.07) is 16.9. The van der Waals surface area contributed by atoms with Gasteiger partial charge in [-0.1, -0.05) is 42.5 Å². The number of nitrogens with one attached hydrogen (secondary N) is 2.